The minimum Gasteiger partial charge on any atom is -0.491 e. The maximum absolute atomic E-state index is 12.6. The second kappa shape index (κ2) is 9.88. The summed E-state index contributed by atoms with van der Waals surface area (Å²) in [6.07, 6.45) is 5.45. The lowest BCUT2D eigenvalue weighted by molar-refractivity contribution is -0.138. The van der Waals surface area contributed by atoms with Gasteiger partial charge in [-0.25, -0.2) is 0 Å². The van der Waals surface area contributed by atoms with E-state index in [2.05, 4.69) is 4.90 Å². The van der Waals surface area contributed by atoms with Crippen molar-refractivity contribution >= 4 is 5.91 Å². The number of carbonyl (C=O) groups is 1. The number of hydrogen-bond acceptors (Lipinski definition) is 5. The summed E-state index contributed by atoms with van der Waals surface area (Å²) in [5.74, 6) is 0.867. The van der Waals surface area contributed by atoms with Crippen LogP contribution < -0.4 is 4.74 Å². The first-order chi connectivity index (χ1) is 13.2. The van der Waals surface area contributed by atoms with Gasteiger partial charge in [-0.1, -0.05) is 24.3 Å². The van der Waals surface area contributed by atoms with Crippen molar-refractivity contribution in [1.82, 2.24) is 9.80 Å². The standard InChI is InChI=1S/C21H30N2O4/c1-25-21(18-27-19-7-3-2-4-8-19)10-6-12-23(17-21)20(24)9-5-11-22-13-15-26-16-14-22/h2-5,7-9H,6,10-18H2,1H3. The molecule has 0 saturated carbocycles. The van der Waals surface area contributed by atoms with Gasteiger partial charge in [-0.15, -0.1) is 0 Å². The van der Waals surface area contributed by atoms with Gasteiger partial charge in [0.15, 0.2) is 0 Å². The molecule has 2 fully saturated rings. The van der Waals surface area contributed by atoms with Crippen molar-refractivity contribution in [3.05, 3.63) is 42.5 Å². The molecule has 0 bridgehead atoms. The Bertz CT molecular complexity index is 616. The van der Waals surface area contributed by atoms with Crippen LogP contribution in [0.5, 0.6) is 5.75 Å². The molecular formula is C21H30N2O4. The van der Waals surface area contributed by atoms with E-state index in [0.717, 1.165) is 58.0 Å². The molecule has 0 radical (unpaired) electrons. The normalized spacial score (nSPS) is 24.3. The average molecular weight is 374 g/mol. The van der Waals surface area contributed by atoms with Crippen molar-refractivity contribution in [3.63, 3.8) is 0 Å². The van der Waals surface area contributed by atoms with Gasteiger partial charge in [-0.3, -0.25) is 9.69 Å². The number of rotatable bonds is 7. The van der Waals surface area contributed by atoms with Crippen LogP contribution in [0.3, 0.4) is 0 Å². The quantitative estimate of drug-likeness (QED) is 0.683. The van der Waals surface area contributed by atoms with Crippen molar-refractivity contribution in [3.8, 4) is 5.75 Å². The minimum atomic E-state index is -0.457. The van der Waals surface area contributed by atoms with Crippen LogP contribution in [0.1, 0.15) is 12.8 Å². The number of amides is 1. The third-order valence-corrected chi connectivity index (χ3v) is 5.26. The Kier molecular flexibility index (Phi) is 7.26. The summed E-state index contributed by atoms with van der Waals surface area (Å²) in [6, 6.07) is 9.73. The van der Waals surface area contributed by atoms with E-state index in [1.54, 1.807) is 13.2 Å². The lowest BCUT2D eigenvalue weighted by Crippen LogP contribution is -2.54. The van der Waals surface area contributed by atoms with E-state index in [0.29, 0.717) is 13.2 Å². The molecule has 1 amide bonds. The molecule has 0 N–H and O–H groups in total. The van der Waals surface area contributed by atoms with Gasteiger partial charge in [-0.05, 0) is 25.0 Å². The largest absolute Gasteiger partial charge is 0.491 e. The van der Waals surface area contributed by atoms with Gasteiger partial charge >= 0.3 is 0 Å². The molecule has 1 unspecified atom stereocenters. The highest BCUT2D eigenvalue weighted by atomic mass is 16.5. The molecule has 0 aliphatic carbocycles. The number of benzene rings is 1. The zero-order chi connectivity index (χ0) is 19.0. The highest BCUT2D eigenvalue weighted by Crippen LogP contribution is 2.26. The van der Waals surface area contributed by atoms with Gasteiger partial charge in [0.2, 0.25) is 5.91 Å². The number of piperidine rings is 1. The highest BCUT2D eigenvalue weighted by Gasteiger charge is 2.37. The van der Waals surface area contributed by atoms with Crippen LogP contribution in [0, 0.1) is 0 Å². The zero-order valence-electron chi connectivity index (χ0n) is 16.1. The molecular weight excluding hydrogens is 344 g/mol. The molecule has 2 aliphatic heterocycles. The van der Waals surface area contributed by atoms with Gasteiger partial charge < -0.3 is 19.1 Å². The molecule has 148 valence electrons. The molecule has 2 aliphatic rings. The van der Waals surface area contributed by atoms with Crippen LogP contribution in [0.4, 0.5) is 0 Å². The van der Waals surface area contributed by atoms with Crippen LogP contribution in [0.2, 0.25) is 0 Å². The van der Waals surface area contributed by atoms with Crippen molar-refractivity contribution in [1.29, 1.82) is 0 Å². The van der Waals surface area contributed by atoms with Crippen LogP contribution in [0.15, 0.2) is 42.5 Å². The number of hydrogen-bond donors (Lipinski definition) is 0. The molecule has 6 heteroatoms. The minimum absolute atomic E-state index is 0.0455. The third-order valence-electron chi connectivity index (χ3n) is 5.26. The highest BCUT2D eigenvalue weighted by molar-refractivity contribution is 5.87. The Labute approximate surface area is 161 Å². The third kappa shape index (κ3) is 5.79. The van der Waals surface area contributed by atoms with Gasteiger partial charge in [0.1, 0.15) is 18.0 Å². The maximum Gasteiger partial charge on any atom is 0.246 e. The van der Waals surface area contributed by atoms with E-state index in [1.807, 2.05) is 41.3 Å². The Hall–Kier alpha value is -1.89. The molecule has 1 atom stereocenters. The second-order valence-electron chi connectivity index (χ2n) is 7.17. The number of ether oxygens (including phenoxy) is 3. The summed E-state index contributed by atoms with van der Waals surface area (Å²) in [4.78, 5) is 16.8. The molecule has 2 heterocycles. The molecule has 27 heavy (non-hydrogen) atoms. The number of nitrogens with zero attached hydrogens (tertiary/aromatic N) is 2. The average Bonchev–Trinajstić information content (AvgIpc) is 2.74. The van der Waals surface area contributed by atoms with Gasteiger partial charge in [0, 0.05) is 39.4 Å². The summed E-state index contributed by atoms with van der Waals surface area (Å²) in [7, 11) is 1.70. The number of methoxy groups -OCH3 is 1. The Morgan fingerprint density at radius 1 is 1.22 bits per heavy atom. The van der Waals surface area contributed by atoms with Crippen LogP contribution in [-0.4, -0.2) is 81.0 Å². The molecule has 2 saturated heterocycles. The number of morpholine rings is 1. The van der Waals surface area contributed by atoms with Crippen LogP contribution in [-0.2, 0) is 14.3 Å². The number of carbonyl (C=O) groups excluding carboxylic acids is 1. The van der Waals surface area contributed by atoms with Gasteiger partial charge in [0.05, 0.1) is 19.8 Å². The number of likely N-dealkylation sites (tertiary alicyclic amines) is 1. The Balaban J connectivity index is 1.52. The number of para-hydroxylation sites is 1. The van der Waals surface area contributed by atoms with Crippen molar-refractivity contribution < 1.29 is 19.0 Å². The Morgan fingerprint density at radius 2 is 2.00 bits per heavy atom. The van der Waals surface area contributed by atoms with E-state index in [9.17, 15) is 4.79 Å². The first-order valence-electron chi connectivity index (χ1n) is 9.69. The zero-order valence-corrected chi connectivity index (χ0v) is 16.1. The van der Waals surface area contributed by atoms with Crippen molar-refractivity contribution in [2.75, 3.05) is 59.7 Å². The molecule has 1 aromatic rings. The fourth-order valence-corrected chi connectivity index (χ4v) is 3.55. The topological polar surface area (TPSA) is 51.2 Å². The van der Waals surface area contributed by atoms with E-state index < -0.39 is 5.60 Å². The fourth-order valence-electron chi connectivity index (χ4n) is 3.55. The summed E-state index contributed by atoms with van der Waals surface area (Å²) >= 11 is 0. The van der Waals surface area contributed by atoms with E-state index in [1.165, 1.54) is 0 Å². The SMILES string of the molecule is COC1(COc2ccccc2)CCCN(C(=O)C=CCN2CCOCC2)C1. The lowest BCUT2D eigenvalue weighted by Gasteiger charge is -2.41. The Morgan fingerprint density at radius 3 is 2.74 bits per heavy atom. The smallest absolute Gasteiger partial charge is 0.246 e. The first kappa shape index (κ1) is 19.9. The predicted molar refractivity (Wildman–Crippen MR) is 104 cm³/mol. The second-order valence-corrected chi connectivity index (χ2v) is 7.17. The summed E-state index contributed by atoms with van der Waals surface area (Å²) in [6.45, 7) is 5.92. The fraction of sp³-hybridized carbons (Fsp3) is 0.571. The maximum atomic E-state index is 12.6. The van der Waals surface area contributed by atoms with Gasteiger partial charge in [-0.2, -0.15) is 0 Å². The molecule has 1 aromatic carbocycles. The van der Waals surface area contributed by atoms with Crippen molar-refractivity contribution in [2.45, 2.75) is 18.4 Å². The van der Waals surface area contributed by atoms with E-state index in [-0.39, 0.29) is 5.91 Å². The van der Waals surface area contributed by atoms with Gasteiger partial charge in [0.25, 0.3) is 0 Å². The predicted octanol–water partition coefficient (Wildman–Crippen LogP) is 1.96. The summed E-state index contributed by atoms with van der Waals surface area (Å²) < 4.78 is 17.1. The molecule has 0 spiro atoms. The van der Waals surface area contributed by atoms with Crippen LogP contribution in [0.25, 0.3) is 0 Å². The van der Waals surface area contributed by atoms with Crippen molar-refractivity contribution in [2.24, 2.45) is 0 Å². The monoisotopic (exact) mass is 374 g/mol. The summed E-state index contributed by atoms with van der Waals surface area (Å²) in [5.41, 5.74) is -0.457. The van der Waals surface area contributed by atoms with E-state index >= 15 is 0 Å². The summed E-state index contributed by atoms with van der Waals surface area (Å²) in [5, 5.41) is 0. The molecule has 0 aromatic heterocycles. The first-order valence-corrected chi connectivity index (χ1v) is 9.69. The molecule has 3 rings (SSSR count). The lowest BCUT2D eigenvalue weighted by atomic mass is 9.93. The van der Waals surface area contributed by atoms with Crippen LogP contribution >= 0.6 is 0 Å². The molecule has 6 nitrogen and oxygen atoms in total. The van der Waals surface area contributed by atoms with E-state index in [4.69, 9.17) is 14.2 Å².